The van der Waals surface area contributed by atoms with E-state index in [1.807, 2.05) is 32.3 Å². The average molecular weight is 428 g/mol. The Labute approximate surface area is 183 Å². The SMILES string of the molecule is CN(C)CC(C)(C)CNC(=O)C1CCN(C(=O)Cn2c(=O)cnc3ccccc32)CC1. The van der Waals surface area contributed by atoms with Crippen LogP contribution in [-0.4, -0.2) is 71.4 Å². The van der Waals surface area contributed by atoms with Crippen LogP contribution < -0.4 is 10.9 Å². The third-order valence-corrected chi connectivity index (χ3v) is 5.75. The standard InChI is InChI=1S/C23H33N5O3/c1-23(2,16-26(3)4)15-25-22(31)17-9-11-27(12-10-17)21(30)14-28-19-8-6-5-7-18(19)24-13-20(28)29/h5-8,13,17H,9-12,14-16H2,1-4H3,(H,25,31). The monoisotopic (exact) mass is 427 g/mol. The Balaban J connectivity index is 1.54. The van der Waals surface area contributed by atoms with Crippen molar-refractivity contribution < 1.29 is 9.59 Å². The first kappa shape index (κ1) is 22.9. The number of carbonyl (C=O) groups is 2. The van der Waals surface area contributed by atoms with E-state index < -0.39 is 0 Å². The maximum absolute atomic E-state index is 12.8. The summed E-state index contributed by atoms with van der Waals surface area (Å²) in [6, 6.07) is 7.29. The number of likely N-dealkylation sites (tertiary alicyclic amines) is 1. The highest BCUT2D eigenvalue weighted by atomic mass is 16.2. The van der Waals surface area contributed by atoms with Crippen LogP contribution in [0.15, 0.2) is 35.3 Å². The summed E-state index contributed by atoms with van der Waals surface area (Å²) in [5.74, 6) is -0.122. The molecule has 1 N–H and O–H groups in total. The van der Waals surface area contributed by atoms with Gasteiger partial charge in [-0.25, -0.2) is 4.98 Å². The van der Waals surface area contributed by atoms with Gasteiger partial charge in [-0.1, -0.05) is 26.0 Å². The molecule has 8 heteroatoms. The molecule has 0 radical (unpaired) electrons. The van der Waals surface area contributed by atoms with Gasteiger partial charge in [0.15, 0.2) is 0 Å². The van der Waals surface area contributed by atoms with E-state index in [0.717, 1.165) is 6.54 Å². The third kappa shape index (κ3) is 5.91. The Bertz CT molecular complexity index is 990. The molecule has 8 nitrogen and oxygen atoms in total. The molecule has 2 heterocycles. The number of para-hydroxylation sites is 2. The molecule has 2 aromatic rings. The summed E-state index contributed by atoms with van der Waals surface area (Å²) in [7, 11) is 4.05. The highest BCUT2D eigenvalue weighted by molar-refractivity contribution is 5.81. The first-order chi connectivity index (χ1) is 14.7. The third-order valence-electron chi connectivity index (χ3n) is 5.75. The second-order valence-corrected chi connectivity index (χ2v) is 9.45. The number of hydrogen-bond acceptors (Lipinski definition) is 5. The summed E-state index contributed by atoms with van der Waals surface area (Å²) in [6.07, 6.45) is 2.53. The first-order valence-electron chi connectivity index (χ1n) is 10.8. The van der Waals surface area contributed by atoms with Crippen LogP contribution in [-0.2, 0) is 16.1 Å². The largest absolute Gasteiger partial charge is 0.355 e. The number of aromatic nitrogens is 2. The van der Waals surface area contributed by atoms with Crippen LogP contribution >= 0.6 is 0 Å². The zero-order valence-corrected chi connectivity index (χ0v) is 18.9. The topological polar surface area (TPSA) is 87.5 Å². The van der Waals surface area contributed by atoms with Gasteiger partial charge in [0, 0.05) is 32.1 Å². The molecule has 2 amide bonds. The van der Waals surface area contributed by atoms with Gasteiger partial charge in [-0.2, -0.15) is 0 Å². The number of nitrogens with one attached hydrogen (secondary N) is 1. The lowest BCUT2D eigenvalue weighted by Crippen LogP contribution is -2.46. The quantitative estimate of drug-likeness (QED) is 0.721. The number of fused-ring (bicyclic) bond motifs is 1. The molecule has 0 aliphatic carbocycles. The van der Waals surface area contributed by atoms with Crippen molar-refractivity contribution in [2.75, 3.05) is 40.3 Å². The van der Waals surface area contributed by atoms with Gasteiger partial charge >= 0.3 is 0 Å². The van der Waals surface area contributed by atoms with Gasteiger partial charge in [-0.05, 0) is 44.5 Å². The Morgan fingerprint density at radius 1 is 1.19 bits per heavy atom. The fourth-order valence-corrected chi connectivity index (χ4v) is 4.29. The van der Waals surface area contributed by atoms with Gasteiger partial charge in [-0.3, -0.25) is 19.0 Å². The number of rotatable bonds is 7. The van der Waals surface area contributed by atoms with Gasteiger partial charge < -0.3 is 15.1 Å². The predicted molar refractivity (Wildman–Crippen MR) is 121 cm³/mol. The van der Waals surface area contributed by atoms with Gasteiger partial charge in [0.05, 0.1) is 17.2 Å². The summed E-state index contributed by atoms with van der Waals surface area (Å²) in [4.78, 5) is 45.7. The van der Waals surface area contributed by atoms with Crippen molar-refractivity contribution in [1.82, 2.24) is 24.7 Å². The van der Waals surface area contributed by atoms with E-state index in [9.17, 15) is 14.4 Å². The van der Waals surface area contributed by atoms with Gasteiger partial charge in [0.25, 0.3) is 5.56 Å². The van der Waals surface area contributed by atoms with E-state index in [2.05, 4.69) is 29.0 Å². The van der Waals surface area contributed by atoms with Gasteiger partial charge in [0.1, 0.15) is 6.54 Å². The fraction of sp³-hybridized carbons (Fsp3) is 0.565. The Kier molecular flexibility index (Phi) is 7.10. The van der Waals surface area contributed by atoms with Crippen LogP contribution in [0.2, 0.25) is 0 Å². The summed E-state index contributed by atoms with van der Waals surface area (Å²) < 4.78 is 1.47. The molecule has 1 fully saturated rings. The van der Waals surface area contributed by atoms with Crippen molar-refractivity contribution in [1.29, 1.82) is 0 Å². The van der Waals surface area contributed by atoms with Crippen molar-refractivity contribution in [2.24, 2.45) is 11.3 Å². The Hall–Kier alpha value is -2.74. The van der Waals surface area contributed by atoms with E-state index in [1.54, 1.807) is 11.0 Å². The molecule has 0 atom stereocenters. The van der Waals surface area contributed by atoms with Gasteiger partial charge in [0.2, 0.25) is 11.8 Å². The van der Waals surface area contributed by atoms with Crippen LogP contribution in [0.4, 0.5) is 0 Å². The lowest BCUT2D eigenvalue weighted by Gasteiger charge is -2.33. The van der Waals surface area contributed by atoms with Crippen molar-refractivity contribution in [3.05, 3.63) is 40.8 Å². The molecule has 168 valence electrons. The molecule has 1 aliphatic heterocycles. The Morgan fingerprint density at radius 2 is 1.87 bits per heavy atom. The maximum atomic E-state index is 12.8. The molecular formula is C23H33N5O3. The summed E-state index contributed by atoms with van der Waals surface area (Å²) >= 11 is 0. The van der Waals surface area contributed by atoms with Crippen LogP contribution in [0.1, 0.15) is 26.7 Å². The lowest BCUT2D eigenvalue weighted by molar-refractivity contribution is -0.136. The normalized spacial score (nSPS) is 15.5. The molecule has 1 aromatic carbocycles. The molecule has 3 rings (SSSR count). The molecule has 1 aliphatic rings. The molecule has 1 saturated heterocycles. The molecular weight excluding hydrogens is 394 g/mol. The molecule has 31 heavy (non-hydrogen) atoms. The lowest BCUT2D eigenvalue weighted by atomic mass is 9.91. The summed E-state index contributed by atoms with van der Waals surface area (Å²) in [5, 5.41) is 3.09. The summed E-state index contributed by atoms with van der Waals surface area (Å²) in [5.41, 5.74) is 1.04. The fourth-order valence-electron chi connectivity index (χ4n) is 4.29. The number of piperidine rings is 1. The van der Waals surface area contributed by atoms with Crippen LogP contribution in [0.3, 0.4) is 0 Å². The number of nitrogens with zero attached hydrogens (tertiary/aromatic N) is 4. The zero-order chi connectivity index (χ0) is 22.6. The van der Waals surface area contributed by atoms with E-state index >= 15 is 0 Å². The predicted octanol–water partition coefficient (Wildman–Crippen LogP) is 1.34. The van der Waals surface area contributed by atoms with E-state index in [1.165, 1.54) is 10.8 Å². The van der Waals surface area contributed by atoms with E-state index in [0.29, 0.717) is 43.5 Å². The van der Waals surface area contributed by atoms with Crippen LogP contribution in [0.5, 0.6) is 0 Å². The first-order valence-corrected chi connectivity index (χ1v) is 10.8. The van der Waals surface area contributed by atoms with E-state index in [4.69, 9.17) is 0 Å². The number of carbonyl (C=O) groups excluding carboxylic acids is 2. The zero-order valence-electron chi connectivity index (χ0n) is 18.9. The summed E-state index contributed by atoms with van der Waals surface area (Å²) in [6.45, 7) is 6.83. The minimum atomic E-state index is -0.290. The Morgan fingerprint density at radius 3 is 2.55 bits per heavy atom. The smallest absolute Gasteiger partial charge is 0.269 e. The molecule has 1 aromatic heterocycles. The highest BCUT2D eigenvalue weighted by Gasteiger charge is 2.29. The highest BCUT2D eigenvalue weighted by Crippen LogP contribution is 2.20. The van der Waals surface area contributed by atoms with Crippen molar-refractivity contribution in [3.8, 4) is 0 Å². The number of benzene rings is 1. The van der Waals surface area contributed by atoms with Crippen LogP contribution in [0, 0.1) is 11.3 Å². The number of amides is 2. The minimum Gasteiger partial charge on any atom is -0.355 e. The van der Waals surface area contributed by atoms with Crippen molar-refractivity contribution >= 4 is 22.8 Å². The molecule has 0 spiro atoms. The van der Waals surface area contributed by atoms with Crippen LogP contribution in [0.25, 0.3) is 11.0 Å². The molecule has 0 saturated carbocycles. The van der Waals surface area contributed by atoms with E-state index in [-0.39, 0.29) is 35.3 Å². The van der Waals surface area contributed by atoms with Gasteiger partial charge in [-0.15, -0.1) is 0 Å². The average Bonchev–Trinajstić information content (AvgIpc) is 2.73. The molecule has 0 bridgehead atoms. The number of hydrogen-bond donors (Lipinski definition) is 1. The van der Waals surface area contributed by atoms with Crippen molar-refractivity contribution in [2.45, 2.75) is 33.2 Å². The second-order valence-electron chi connectivity index (χ2n) is 9.45. The van der Waals surface area contributed by atoms with Crippen molar-refractivity contribution in [3.63, 3.8) is 0 Å². The maximum Gasteiger partial charge on any atom is 0.269 e. The molecule has 0 unspecified atom stereocenters. The second kappa shape index (κ2) is 9.60. The minimum absolute atomic E-state index is 0.00357.